The third-order valence-corrected chi connectivity index (χ3v) is 7.34. The molecular formula is C25H29N5O4S. The van der Waals surface area contributed by atoms with Crippen LogP contribution in [0.3, 0.4) is 0 Å². The average molecular weight is 496 g/mol. The van der Waals surface area contributed by atoms with Crippen LogP contribution >= 0.6 is 0 Å². The lowest BCUT2D eigenvalue weighted by Crippen LogP contribution is -2.39. The van der Waals surface area contributed by atoms with Crippen molar-refractivity contribution in [2.45, 2.75) is 45.3 Å². The van der Waals surface area contributed by atoms with Crippen molar-refractivity contribution in [3.63, 3.8) is 0 Å². The minimum atomic E-state index is -3.22. The molecule has 1 atom stereocenters. The van der Waals surface area contributed by atoms with E-state index in [0.29, 0.717) is 35.1 Å². The Bertz CT molecular complexity index is 1340. The molecule has 0 aliphatic heterocycles. The number of rotatable bonds is 9. The van der Waals surface area contributed by atoms with E-state index >= 15 is 0 Å². The summed E-state index contributed by atoms with van der Waals surface area (Å²) in [7, 11) is -1.79. The van der Waals surface area contributed by atoms with Crippen molar-refractivity contribution in [2.75, 3.05) is 19.3 Å². The molecular weight excluding hydrogens is 466 g/mol. The molecule has 10 heteroatoms. The molecule has 184 valence electrons. The molecule has 2 N–H and O–H groups in total. The number of nitrogens with zero attached hydrogens (tertiary/aromatic N) is 3. The first-order chi connectivity index (χ1) is 16.8. The van der Waals surface area contributed by atoms with Gasteiger partial charge < -0.3 is 14.6 Å². The van der Waals surface area contributed by atoms with Crippen molar-refractivity contribution in [1.82, 2.24) is 20.2 Å². The number of fused-ring (bicyclic) bond motifs is 1. The van der Waals surface area contributed by atoms with Crippen molar-refractivity contribution in [2.24, 2.45) is 0 Å². The second-order valence-corrected chi connectivity index (χ2v) is 10.8. The number of nitriles is 1. The summed E-state index contributed by atoms with van der Waals surface area (Å²) in [5, 5.41) is 17.1. The van der Waals surface area contributed by atoms with Gasteiger partial charge in [-0.25, -0.2) is 13.1 Å². The molecule has 0 amide bonds. The van der Waals surface area contributed by atoms with Gasteiger partial charge in [0.25, 0.3) is 5.89 Å². The normalized spacial score (nSPS) is 15.6. The van der Waals surface area contributed by atoms with Crippen LogP contribution in [0.2, 0.25) is 0 Å². The highest BCUT2D eigenvalue weighted by atomic mass is 32.2. The van der Waals surface area contributed by atoms with Gasteiger partial charge in [0.1, 0.15) is 11.8 Å². The summed E-state index contributed by atoms with van der Waals surface area (Å²) in [4.78, 5) is 4.61. The maximum Gasteiger partial charge on any atom is 0.258 e. The Morgan fingerprint density at radius 3 is 2.86 bits per heavy atom. The zero-order chi connectivity index (χ0) is 25.0. The fourth-order valence-electron chi connectivity index (χ4n) is 4.25. The monoisotopic (exact) mass is 495 g/mol. The summed E-state index contributed by atoms with van der Waals surface area (Å²) in [6.45, 7) is 4.22. The van der Waals surface area contributed by atoms with Gasteiger partial charge >= 0.3 is 0 Å². The predicted molar refractivity (Wildman–Crippen MR) is 132 cm³/mol. The molecule has 0 saturated carbocycles. The number of hydrogen-bond acceptors (Lipinski definition) is 8. The maximum absolute atomic E-state index is 11.6. The third kappa shape index (κ3) is 5.88. The van der Waals surface area contributed by atoms with Crippen LogP contribution in [-0.4, -0.2) is 50.0 Å². The summed E-state index contributed by atoms with van der Waals surface area (Å²) in [6, 6.07) is 13.7. The summed E-state index contributed by atoms with van der Waals surface area (Å²) in [6.07, 6.45) is 2.47. The summed E-state index contributed by atoms with van der Waals surface area (Å²) in [5.74, 6) is 1.42. The Kier molecular flexibility index (Phi) is 7.50. The number of ether oxygens (including phenoxy) is 1. The highest BCUT2D eigenvalue weighted by molar-refractivity contribution is 7.89. The molecule has 0 saturated heterocycles. The van der Waals surface area contributed by atoms with Crippen LogP contribution in [0, 0.1) is 11.3 Å². The van der Waals surface area contributed by atoms with E-state index in [1.165, 1.54) is 18.2 Å². The first-order valence-corrected chi connectivity index (χ1v) is 13.3. The minimum Gasteiger partial charge on any atom is -0.490 e. The lowest BCUT2D eigenvalue weighted by Gasteiger charge is -2.26. The van der Waals surface area contributed by atoms with Gasteiger partial charge in [0.2, 0.25) is 15.8 Å². The van der Waals surface area contributed by atoms with Crippen molar-refractivity contribution >= 4 is 10.0 Å². The lowest BCUT2D eigenvalue weighted by molar-refractivity contribution is 0.241. The van der Waals surface area contributed by atoms with E-state index in [-0.39, 0.29) is 17.9 Å². The molecule has 3 aromatic rings. The van der Waals surface area contributed by atoms with E-state index in [0.717, 1.165) is 24.8 Å². The molecule has 35 heavy (non-hydrogen) atoms. The van der Waals surface area contributed by atoms with Gasteiger partial charge in [0, 0.05) is 23.7 Å². The number of nitrogens with one attached hydrogen (secondary N) is 2. The van der Waals surface area contributed by atoms with Gasteiger partial charge in [0.15, 0.2) is 0 Å². The van der Waals surface area contributed by atoms with Crippen LogP contribution < -0.4 is 14.8 Å². The summed E-state index contributed by atoms with van der Waals surface area (Å²) < 4.78 is 36.9. The van der Waals surface area contributed by atoms with Gasteiger partial charge in [-0.2, -0.15) is 10.2 Å². The number of hydrogen-bond donors (Lipinski definition) is 2. The first-order valence-electron chi connectivity index (χ1n) is 11.6. The SMILES string of the molecule is CNS(=O)(=O)CCNC1CCc2c(cccc2-c2noc(-c3ccc(OC(C)C)c(C#N)c3)n2)C1. The number of sulfonamides is 1. The highest BCUT2D eigenvalue weighted by Crippen LogP contribution is 2.32. The fourth-order valence-corrected chi connectivity index (χ4v) is 4.84. The Balaban J connectivity index is 1.51. The van der Waals surface area contributed by atoms with Crippen LogP contribution in [0.4, 0.5) is 0 Å². The molecule has 2 aromatic carbocycles. The van der Waals surface area contributed by atoms with Crippen LogP contribution in [0.1, 0.15) is 37.0 Å². The highest BCUT2D eigenvalue weighted by Gasteiger charge is 2.23. The van der Waals surface area contributed by atoms with Gasteiger partial charge in [-0.1, -0.05) is 23.4 Å². The maximum atomic E-state index is 11.6. The molecule has 0 fully saturated rings. The average Bonchev–Trinajstić information content (AvgIpc) is 3.33. The molecule has 1 aromatic heterocycles. The summed E-state index contributed by atoms with van der Waals surface area (Å²) >= 11 is 0. The first kappa shape index (κ1) is 24.9. The van der Waals surface area contributed by atoms with Crippen molar-refractivity contribution < 1.29 is 17.7 Å². The van der Waals surface area contributed by atoms with Gasteiger partial charge in [-0.05, 0) is 69.5 Å². The second-order valence-electron chi connectivity index (χ2n) is 8.77. The van der Waals surface area contributed by atoms with Gasteiger partial charge in [0.05, 0.1) is 17.4 Å². The zero-order valence-corrected chi connectivity index (χ0v) is 20.9. The smallest absolute Gasteiger partial charge is 0.258 e. The molecule has 1 aliphatic rings. The van der Waals surface area contributed by atoms with E-state index in [9.17, 15) is 13.7 Å². The Morgan fingerprint density at radius 2 is 2.11 bits per heavy atom. The van der Waals surface area contributed by atoms with Crippen LogP contribution in [-0.2, 0) is 22.9 Å². The molecule has 0 radical (unpaired) electrons. The molecule has 0 bridgehead atoms. The zero-order valence-electron chi connectivity index (χ0n) is 20.0. The van der Waals surface area contributed by atoms with Gasteiger partial charge in [-0.15, -0.1) is 0 Å². The van der Waals surface area contributed by atoms with E-state index < -0.39 is 10.0 Å². The minimum absolute atomic E-state index is 0.0385. The Morgan fingerprint density at radius 1 is 1.29 bits per heavy atom. The quantitative estimate of drug-likeness (QED) is 0.463. The van der Waals surface area contributed by atoms with Crippen molar-refractivity contribution in [3.8, 4) is 34.7 Å². The molecule has 9 nitrogen and oxygen atoms in total. The van der Waals surface area contributed by atoms with Crippen molar-refractivity contribution in [1.29, 1.82) is 5.26 Å². The predicted octanol–water partition coefficient (Wildman–Crippen LogP) is 3.06. The van der Waals surface area contributed by atoms with E-state index in [1.807, 2.05) is 26.0 Å². The Hall–Kier alpha value is -3.26. The van der Waals surface area contributed by atoms with Gasteiger partial charge in [-0.3, -0.25) is 0 Å². The van der Waals surface area contributed by atoms with E-state index in [4.69, 9.17) is 9.26 Å². The molecule has 1 unspecified atom stereocenters. The largest absolute Gasteiger partial charge is 0.490 e. The number of aromatic nitrogens is 2. The van der Waals surface area contributed by atoms with Crippen LogP contribution in [0.25, 0.3) is 22.8 Å². The third-order valence-electron chi connectivity index (χ3n) is 5.97. The molecule has 1 heterocycles. The van der Waals surface area contributed by atoms with Crippen molar-refractivity contribution in [3.05, 3.63) is 53.1 Å². The standard InChI is InChI=1S/C25H29N5O4S/c1-16(2)33-23-10-7-18(13-19(23)15-26)25-29-24(30-34-25)22-6-4-5-17-14-20(8-9-21(17)22)28-11-12-35(31,32)27-3/h4-7,10,13,16,20,27-28H,8-9,11-12,14H2,1-3H3. The van der Waals surface area contributed by atoms with E-state index in [1.54, 1.807) is 18.2 Å². The Labute approximate surface area is 205 Å². The molecule has 4 rings (SSSR count). The number of benzene rings is 2. The van der Waals surface area contributed by atoms with E-state index in [2.05, 4.69) is 32.3 Å². The lowest BCUT2D eigenvalue weighted by atomic mass is 9.85. The molecule has 1 aliphatic carbocycles. The topological polar surface area (TPSA) is 130 Å². The van der Waals surface area contributed by atoms with Crippen LogP contribution in [0.15, 0.2) is 40.9 Å². The second kappa shape index (κ2) is 10.6. The summed E-state index contributed by atoms with van der Waals surface area (Å²) in [5.41, 5.74) is 4.36. The fraction of sp³-hybridized carbons (Fsp3) is 0.400. The molecule has 0 spiro atoms. The van der Waals surface area contributed by atoms with Crippen LogP contribution in [0.5, 0.6) is 5.75 Å².